The van der Waals surface area contributed by atoms with Crippen LogP contribution in [0.15, 0.2) is 79.3 Å². The summed E-state index contributed by atoms with van der Waals surface area (Å²) in [5.74, 6) is 0.446. The van der Waals surface area contributed by atoms with Gasteiger partial charge in [-0.2, -0.15) is 5.10 Å². The summed E-state index contributed by atoms with van der Waals surface area (Å²) in [5.41, 5.74) is 4.84. The molecule has 0 aliphatic rings. The van der Waals surface area contributed by atoms with Gasteiger partial charge in [0, 0.05) is 23.4 Å². The first-order chi connectivity index (χ1) is 16.8. The van der Waals surface area contributed by atoms with Crippen LogP contribution in [0.4, 0.5) is 5.82 Å². The Hall–Kier alpha value is -3.97. The van der Waals surface area contributed by atoms with E-state index in [4.69, 9.17) is 16.7 Å². The maximum atomic E-state index is 13.0. The number of nitrogens with one attached hydrogen (secondary N) is 1. The molecule has 0 saturated carbocycles. The third-order valence-electron chi connectivity index (χ3n) is 5.71. The molecule has 0 unspecified atom stereocenters. The van der Waals surface area contributed by atoms with Gasteiger partial charge in [0.15, 0.2) is 5.65 Å². The largest absolute Gasteiger partial charge is 0.310 e. The summed E-state index contributed by atoms with van der Waals surface area (Å²) in [6.45, 7) is 6.25. The molecule has 0 saturated heterocycles. The Morgan fingerprint density at radius 1 is 1.00 bits per heavy atom. The van der Waals surface area contributed by atoms with Gasteiger partial charge in [0.2, 0.25) is 5.91 Å². The second-order valence-corrected chi connectivity index (χ2v) is 9.79. The van der Waals surface area contributed by atoms with Gasteiger partial charge in [-0.1, -0.05) is 56.6 Å². The van der Waals surface area contributed by atoms with Crippen LogP contribution in [0.25, 0.3) is 22.5 Å². The third kappa shape index (κ3) is 4.68. The van der Waals surface area contributed by atoms with Crippen LogP contribution in [-0.4, -0.2) is 30.2 Å². The number of pyridine rings is 1. The molecule has 7 nitrogen and oxygen atoms in total. The normalized spacial score (nSPS) is 11.7. The van der Waals surface area contributed by atoms with Crippen molar-refractivity contribution in [1.82, 2.24) is 24.3 Å². The Morgan fingerprint density at radius 3 is 2.51 bits per heavy atom. The molecule has 1 N–H and O–H groups in total. The standard InChI is InChI=1S/C27H25ClN6O/c1-27(2,3)23-16-24(34(32-23)22-9-5-4-7-20(22)28)31-25(35)15-18-10-12-19(13-11-18)33-17-30-21-8-6-14-29-26(21)33/h4-14,16-17H,15H2,1-3H3,(H,31,35). The number of nitrogens with zero attached hydrogens (tertiary/aromatic N) is 5. The molecule has 1 amide bonds. The van der Waals surface area contributed by atoms with E-state index in [9.17, 15) is 4.79 Å². The molecule has 0 bridgehead atoms. The lowest BCUT2D eigenvalue weighted by Crippen LogP contribution is -2.17. The number of imidazole rings is 1. The monoisotopic (exact) mass is 484 g/mol. The Balaban J connectivity index is 1.37. The van der Waals surface area contributed by atoms with Crippen molar-refractivity contribution in [2.75, 3.05) is 5.32 Å². The van der Waals surface area contributed by atoms with Gasteiger partial charge in [0.25, 0.3) is 0 Å². The molecule has 0 radical (unpaired) electrons. The highest BCUT2D eigenvalue weighted by Gasteiger charge is 2.22. The van der Waals surface area contributed by atoms with E-state index < -0.39 is 0 Å². The van der Waals surface area contributed by atoms with Crippen LogP contribution in [0.2, 0.25) is 5.02 Å². The molecular weight excluding hydrogens is 460 g/mol. The number of amides is 1. The van der Waals surface area contributed by atoms with E-state index in [1.54, 1.807) is 17.2 Å². The summed E-state index contributed by atoms with van der Waals surface area (Å²) < 4.78 is 3.62. The highest BCUT2D eigenvalue weighted by molar-refractivity contribution is 6.32. The quantitative estimate of drug-likeness (QED) is 0.345. The predicted octanol–water partition coefficient (Wildman–Crippen LogP) is 5.74. The van der Waals surface area contributed by atoms with Crippen LogP contribution < -0.4 is 5.32 Å². The molecule has 176 valence electrons. The van der Waals surface area contributed by atoms with Gasteiger partial charge in [0.1, 0.15) is 17.7 Å². The molecule has 3 heterocycles. The number of carbonyl (C=O) groups excluding carboxylic acids is 1. The number of hydrogen-bond donors (Lipinski definition) is 1. The van der Waals surface area contributed by atoms with Crippen LogP contribution in [0, 0.1) is 0 Å². The summed E-state index contributed by atoms with van der Waals surface area (Å²) in [7, 11) is 0. The maximum Gasteiger partial charge on any atom is 0.229 e. The summed E-state index contributed by atoms with van der Waals surface area (Å²) in [4.78, 5) is 21.8. The molecule has 5 aromatic rings. The first-order valence-corrected chi connectivity index (χ1v) is 11.7. The van der Waals surface area contributed by atoms with E-state index in [1.165, 1.54) is 0 Å². The first kappa shape index (κ1) is 22.8. The van der Waals surface area contributed by atoms with Gasteiger partial charge in [-0.3, -0.25) is 9.36 Å². The van der Waals surface area contributed by atoms with E-state index in [0.29, 0.717) is 16.5 Å². The molecule has 8 heteroatoms. The summed E-state index contributed by atoms with van der Waals surface area (Å²) in [5, 5.41) is 8.32. The van der Waals surface area contributed by atoms with Gasteiger partial charge in [-0.15, -0.1) is 0 Å². The minimum Gasteiger partial charge on any atom is -0.310 e. The van der Waals surface area contributed by atoms with Crippen molar-refractivity contribution in [2.24, 2.45) is 0 Å². The predicted molar refractivity (Wildman–Crippen MR) is 138 cm³/mol. The van der Waals surface area contributed by atoms with Crippen molar-refractivity contribution >= 4 is 34.5 Å². The van der Waals surface area contributed by atoms with E-state index in [2.05, 4.69) is 36.1 Å². The zero-order chi connectivity index (χ0) is 24.6. The smallest absolute Gasteiger partial charge is 0.229 e. The highest BCUT2D eigenvalue weighted by atomic mass is 35.5. The van der Waals surface area contributed by atoms with E-state index in [-0.39, 0.29) is 17.7 Å². The summed E-state index contributed by atoms with van der Waals surface area (Å²) in [6.07, 6.45) is 3.72. The molecule has 0 aliphatic heterocycles. The van der Waals surface area contributed by atoms with Gasteiger partial charge in [0.05, 0.1) is 22.8 Å². The van der Waals surface area contributed by atoms with Gasteiger partial charge in [-0.05, 0) is 42.0 Å². The Morgan fingerprint density at radius 2 is 1.77 bits per heavy atom. The fourth-order valence-electron chi connectivity index (χ4n) is 3.83. The van der Waals surface area contributed by atoms with Crippen molar-refractivity contribution in [3.8, 4) is 11.4 Å². The van der Waals surface area contributed by atoms with Crippen LogP contribution in [0.5, 0.6) is 0 Å². The van der Waals surface area contributed by atoms with Crippen molar-refractivity contribution in [3.63, 3.8) is 0 Å². The number of hydrogen-bond acceptors (Lipinski definition) is 4. The molecule has 0 fully saturated rings. The number of anilines is 1. The average Bonchev–Trinajstić information content (AvgIpc) is 3.44. The van der Waals surface area contributed by atoms with Crippen molar-refractivity contribution in [1.29, 1.82) is 0 Å². The molecule has 0 spiro atoms. The lowest BCUT2D eigenvalue weighted by Gasteiger charge is -2.14. The van der Waals surface area contributed by atoms with Crippen LogP contribution in [0.3, 0.4) is 0 Å². The maximum absolute atomic E-state index is 13.0. The minimum atomic E-state index is -0.186. The van der Waals surface area contributed by atoms with E-state index in [1.807, 2.05) is 71.3 Å². The fourth-order valence-corrected chi connectivity index (χ4v) is 4.04. The Bertz CT molecular complexity index is 1510. The number of halogens is 1. The van der Waals surface area contributed by atoms with Crippen LogP contribution in [-0.2, 0) is 16.6 Å². The van der Waals surface area contributed by atoms with Gasteiger partial charge < -0.3 is 5.32 Å². The molecule has 5 rings (SSSR count). The molecule has 0 atom stereocenters. The second-order valence-electron chi connectivity index (χ2n) is 9.38. The van der Waals surface area contributed by atoms with Gasteiger partial charge >= 0.3 is 0 Å². The fraction of sp³-hybridized carbons (Fsp3) is 0.185. The molecular formula is C27H25ClN6O. The molecule has 35 heavy (non-hydrogen) atoms. The Kier molecular flexibility index (Phi) is 5.86. The van der Waals surface area contributed by atoms with Gasteiger partial charge in [-0.25, -0.2) is 14.6 Å². The second kappa shape index (κ2) is 9.00. The minimum absolute atomic E-state index is 0.138. The van der Waals surface area contributed by atoms with E-state index in [0.717, 1.165) is 28.1 Å². The lowest BCUT2D eigenvalue weighted by molar-refractivity contribution is -0.115. The first-order valence-electron chi connectivity index (χ1n) is 11.3. The number of fused-ring (bicyclic) bond motifs is 1. The van der Waals surface area contributed by atoms with Crippen molar-refractivity contribution in [3.05, 3.63) is 95.5 Å². The molecule has 0 aliphatic carbocycles. The number of rotatable bonds is 5. The average molecular weight is 485 g/mol. The zero-order valence-corrected chi connectivity index (χ0v) is 20.5. The highest BCUT2D eigenvalue weighted by Crippen LogP contribution is 2.29. The third-order valence-corrected chi connectivity index (χ3v) is 6.03. The number of para-hydroxylation sites is 1. The van der Waals surface area contributed by atoms with Crippen LogP contribution in [0.1, 0.15) is 32.0 Å². The molecule has 2 aromatic carbocycles. The SMILES string of the molecule is CC(C)(C)c1cc(NC(=O)Cc2ccc(-n3cnc4cccnc43)cc2)n(-c2ccccc2Cl)n1. The topological polar surface area (TPSA) is 77.6 Å². The summed E-state index contributed by atoms with van der Waals surface area (Å²) in [6, 6.07) is 20.9. The van der Waals surface area contributed by atoms with E-state index >= 15 is 0 Å². The van der Waals surface area contributed by atoms with Crippen molar-refractivity contribution < 1.29 is 4.79 Å². The molecule has 3 aromatic heterocycles. The lowest BCUT2D eigenvalue weighted by atomic mass is 9.92. The zero-order valence-electron chi connectivity index (χ0n) is 19.7. The van der Waals surface area contributed by atoms with Crippen LogP contribution >= 0.6 is 11.6 Å². The number of carbonyl (C=O) groups is 1. The number of aromatic nitrogens is 5. The summed E-state index contributed by atoms with van der Waals surface area (Å²) >= 11 is 6.43. The van der Waals surface area contributed by atoms with Crippen molar-refractivity contribution in [2.45, 2.75) is 32.6 Å². The Labute approximate surface area is 208 Å². The number of benzene rings is 2.